The number of anilines is 1. The van der Waals surface area contributed by atoms with E-state index in [1.54, 1.807) is 0 Å². The van der Waals surface area contributed by atoms with Crippen molar-refractivity contribution < 1.29 is 14.7 Å². The van der Waals surface area contributed by atoms with Crippen LogP contribution in [0.15, 0.2) is 36.4 Å². The molecular weight excluding hydrogens is 266 g/mol. The standard InChI is InChI=1S/C17H19NO3/c1-2-10-3-7-13(8-4-10)18-16(19)14-11-5-6-12(9-11)15(14)17(20)21/h3-8,11-12,14-15H,2,9H2,1H3,(H,18,19)(H,20,21)/t11-,12+,14-,15+/m1/s1. The number of rotatable bonds is 4. The van der Waals surface area contributed by atoms with Gasteiger partial charge in [0.1, 0.15) is 0 Å². The zero-order valence-corrected chi connectivity index (χ0v) is 12.0. The number of aliphatic carboxylic acids is 1. The van der Waals surface area contributed by atoms with E-state index in [2.05, 4.69) is 12.2 Å². The van der Waals surface area contributed by atoms with Gasteiger partial charge in [0.05, 0.1) is 11.8 Å². The molecular formula is C17H19NO3. The van der Waals surface area contributed by atoms with Crippen LogP contribution < -0.4 is 5.32 Å². The van der Waals surface area contributed by atoms with Crippen molar-refractivity contribution in [2.45, 2.75) is 19.8 Å². The lowest BCUT2D eigenvalue weighted by Gasteiger charge is -2.23. The monoisotopic (exact) mass is 285 g/mol. The van der Waals surface area contributed by atoms with E-state index < -0.39 is 17.8 Å². The first-order valence-corrected chi connectivity index (χ1v) is 7.41. The van der Waals surface area contributed by atoms with E-state index >= 15 is 0 Å². The maximum absolute atomic E-state index is 12.5. The number of carbonyl (C=O) groups is 2. The first-order chi connectivity index (χ1) is 10.1. The second-order valence-corrected chi connectivity index (χ2v) is 5.88. The number of carbonyl (C=O) groups excluding carboxylic acids is 1. The molecule has 2 aliphatic carbocycles. The van der Waals surface area contributed by atoms with Crippen LogP contribution in [0.4, 0.5) is 5.69 Å². The minimum Gasteiger partial charge on any atom is -0.481 e. The first kappa shape index (κ1) is 13.9. The molecule has 2 aliphatic rings. The number of hydrogen-bond donors (Lipinski definition) is 2. The molecule has 110 valence electrons. The Labute approximate surface area is 123 Å². The largest absolute Gasteiger partial charge is 0.481 e. The average molecular weight is 285 g/mol. The van der Waals surface area contributed by atoms with E-state index in [0.717, 1.165) is 18.5 Å². The van der Waals surface area contributed by atoms with E-state index in [9.17, 15) is 14.7 Å². The lowest BCUT2D eigenvalue weighted by Crippen LogP contribution is -2.36. The van der Waals surface area contributed by atoms with Crippen LogP contribution in [-0.4, -0.2) is 17.0 Å². The molecule has 4 heteroatoms. The summed E-state index contributed by atoms with van der Waals surface area (Å²) in [7, 11) is 0. The second-order valence-electron chi connectivity index (χ2n) is 5.88. The van der Waals surface area contributed by atoms with Gasteiger partial charge in [0.25, 0.3) is 0 Å². The molecule has 1 fully saturated rings. The van der Waals surface area contributed by atoms with Crippen LogP contribution in [0.1, 0.15) is 18.9 Å². The molecule has 1 aromatic rings. The highest BCUT2D eigenvalue weighted by atomic mass is 16.4. The molecule has 0 aromatic heterocycles. The number of nitrogens with one attached hydrogen (secondary N) is 1. The van der Waals surface area contributed by atoms with Crippen molar-refractivity contribution in [1.82, 2.24) is 0 Å². The molecule has 0 radical (unpaired) electrons. The highest BCUT2D eigenvalue weighted by Crippen LogP contribution is 2.48. The summed E-state index contributed by atoms with van der Waals surface area (Å²) >= 11 is 0. The van der Waals surface area contributed by atoms with Gasteiger partial charge in [-0.3, -0.25) is 9.59 Å². The third-order valence-electron chi connectivity index (χ3n) is 4.68. The van der Waals surface area contributed by atoms with E-state index in [-0.39, 0.29) is 17.7 Å². The van der Waals surface area contributed by atoms with Crippen LogP contribution >= 0.6 is 0 Å². The van der Waals surface area contributed by atoms with Crippen molar-refractivity contribution >= 4 is 17.6 Å². The van der Waals surface area contributed by atoms with Gasteiger partial charge in [-0.1, -0.05) is 31.2 Å². The van der Waals surface area contributed by atoms with E-state index in [0.29, 0.717) is 0 Å². The summed E-state index contributed by atoms with van der Waals surface area (Å²) in [6, 6.07) is 7.70. The summed E-state index contributed by atoms with van der Waals surface area (Å²) in [6.07, 6.45) is 5.67. The van der Waals surface area contributed by atoms with Gasteiger partial charge in [-0.15, -0.1) is 0 Å². The smallest absolute Gasteiger partial charge is 0.307 e. The minimum atomic E-state index is -0.867. The summed E-state index contributed by atoms with van der Waals surface area (Å²) in [5, 5.41) is 12.2. The molecule has 2 N–H and O–H groups in total. The SMILES string of the molecule is CCc1ccc(NC(=O)[C@H]2[C@@H](C(=O)O)[C@H]3C=C[C@@H]2C3)cc1. The summed E-state index contributed by atoms with van der Waals surface area (Å²) in [4.78, 5) is 23.9. The van der Waals surface area contributed by atoms with Gasteiger partial charge in [0, 0.05) is 5.69 Å². The van der Waals surface area contributed by atoms with Gasteiger partial charge in [-0.25, -0.2) is 0 Å². The van der Waals surface area contributed by atoms with Crippen LogP contribution in [0, 0.1) is 23.7 Å². The molecule has 4 nitrogen and oxygen atoms in total. The molecule has 1 saturated carbocycles. The van der Waals surface area contributed by atoms with Crippen LogP contribution in [0.5, 0.6) is 0 Å². The van der Waals surface area contributed by atoms with Crippen molar-refractivity contribution in [3.05, 3.63) is 42.0 Å². The number of carboxylic acids is 1. The molecule has 21 heavy (non-hydrogen) atoms. The molecule has 3 rings (SSSR count). The lowest BCUT2D eigenvalue weighted by molar-refractivity contribution is -0.146. The average Bonchev–Trinajstić information content (AvgIpc) is 3.08. The fourth-order valence-electron chi connectivity index (χ4n) is 3.57. The Hall–Kier alpha value is -2.10. The van der Waals surface area contributed by atoms with Gasteiger partial charge in [0.15, 0.2) is 0 Å². The Morgan fingerprint density at radius 2 is 1.76 bits per heavy atom. The molecule has 2 bridgehead atoms. The number of benzene rings is 1. The van der Waals surface area contributed by atoms with Gasteiger partial charge >= 0.3 is 5.97 Å². The Kier molecular flexibility index (Phi) is 3.53. The summed E-state index contributed by atoms with van der Waals surface area (Å²) in [6.45, 7) is 2.08. The topological polar surface area (TPSA) is 66.4 Å². The van der Waals surface area contributed by atoms with Crippen molar-refractivity contribution in [3.8, 4) is 0 Å². The lowest BCUT2D eigenvalue weighted by atomic mass is 9.82. The fraction of sp³-hybridized carbons (Fsp3) is 0.412. The zero-order valence-electron chi connectivity index (χ0n) is 12.0. The highest BCUT2D eigenvalue weighted by Gasteiger charge is 2.51. The third-order valence-corrected chi connectivity index (χ3v) is 4.68. The molecule has 0 spiro atoms. The maximum atomic E-state index is 12.5. The molecule has 0 aliphatic heterocycles. The summed E-state index contributed by atoms with van der Waals surface area (Å²) in [5.41, 5.74) is 1.94. The molecule has 0 saturated heterocycles. The Bertz CT molecular complexity index is 591. The van der Waals surface area contributed by atoms with Crippen molar-refractivity contribution in [2.75, 3.05) is 5.32 Å². The number of fused-ring (bicyclic) bond motifs is 2. The molecule has 0 unspecified atom stereocenters. The Morgan fingerprint density at radius 1 is 1.14 bits per heavy atom. The first-order valence-electron chi connectivity index (χ1n) is 7.41. The molecule has 0 heterocycles. The van der Waals surface area contributed by atoms with Crippen molar-refractivity contribution in [3.63, 3.8) is 0 Å². The Morgan fingerprint density at radius 3 is 2.33 bits per heavy atom. The minimum absolute atomic E-state index is 0.00529. The predicted molar refractivity (Wildman–Crippen MR) is 79.8 cm³/mol. The van der Waals surface area contributed by atoms with Crippen molar-refractivity contribution in [2.24, 2.45) is 23.7 Å². The van der Waals surface area contributed by atoms with Gasteiger partial charge in [-0.05, 0) is 42.4 Å². The molecule has 1 aromatic carbocycles. The quantitative estimate of drug-likeness (QED) is 0.836. The van der Waals surface area contributed by atoms with E-state index in [4.69, 9.17) is 0 Å². The number of carboxylic acid groups (broad SMARTS) is 1. The third kappa shape index (κ3) is 2.46. The molecule has 4 atom stereocenters. The highest BCUT2D eigenvalue weighted by molar-refractivity contribution is 5.96. The summed E-state index contributed by atoms with van der Waals surface area (Å²) in [5.74, 6) is -2.02. The Balaban J connectivity index is 1.75. The summed E-state index contributed by atoms with van der Waals surface area (Å²) < 4.78 is 0. The number of amides is 1. The van der Waals surface area contributed by atoms with Crippen molar-refractivity contribution in [1.29, 1.82) is 0 Å². The van der Waals surface area contributed by atoms with E-state index in [1.165, 1.54) is 5.56 Å². The van der Waals surface area contributed by atoms with Crippen LogP contribution in [0.25, 0.3) is 0 Å². The van der Waals surface area contributed by atoms with Gasteiger partial charge < -0.3 is 10.4 Å². The number of hydrogen-bond acceptors (Lipinski definition) is 2. The van der Waals surface area contributed by atoms with Crippen LogP contribution in [0.3, 0.4) is 0 Å². The van der Waals surface area contributed by atoms with E-state index in [1.807, 2.05) is 36.4 Å². The van der Waals surface area contributed by atoms with Gasteiger partial charge in [0.2, 0.25) is 5.91 Å². The van der Waals surface area contributed by atoms with Gasteiger partial charge in [-0.2, -0.15) is 0 Å². The second kappa shape index (κ2) is 5.35. The van der Waals surface area contributed by atoms with Crippen LogP contribution in [0.2, 0.25) is 0 Å². The van der Waals surface area contributed by atoms with Crippen LogP contribution in [-0.2, 0) is 16.0 Å². The predicted octanol–water partition coefficient (Wildman–Crippen LogP) is 2.71. The normalized spacial score (nSPS) is 29.6. The molecule has 1 amide bonds. The number of aryl methyl sites for hydroxylation is 1. The fourth-order valence-corrected chi connectivity index (χ4v) is 3.57. The maximum Gasteiger partial charge on any atom is 0.307 e. The number of allylic oxidation sites excluding steroid dienone is 2. The zero-order chi connectivity index (χ0) is 15.0.